The number of aryl methyl sites for hydroxylation is 3. The van der Waals surface area contributed by atoms with Gasteiger partial charge < -0.3 is 15.0 Å². The molecule has 2 rings (SSSR count). The lowest BCUT2D eigenvalue weighted by molar-refractivity contribution is -0.129. The number of ether oxygens (including phenoxy) is 1. The number of amides is 2. The molecule has 2 amide bonds. The normalized spacial score (nSPS) is 10.8. The molecule has 2 aromatic carbocycles. The number of carbonyl (C=O) groups is 2. The molecule has 0 aliphatic rings. The van der Waals surface area contributed by atoms with Crippen molar-refractivity contribution in [1.82, 2.24) is 4.90 Å². The van der Waals surface area contributed by atoms with Gasteiger partial charge in [-0.05, 0) is 62.1 Å². The molecule has 0 fully saturated rings. The number of rotatable bonds is 8. The van der Waals surface area contributed by atoms with Crippen molar-refractivity contribution < 1.29 is 14.3 Å². The fraction of sp³-hybridized carbons (Fsp3) is 0.333. The van der Waals surface area contributed by atoms with E-state index >= 15 is 0 Å². The molecular weight excluding hydrogens is 364 g/mol. The summed E-state index contributed by atoms with van der Waals surface area (Å²) in [6, 6.07) is 11.6. The lowest BCUT2D eigenvalue weighted by Gasteiger charge is -2.17. The van der Waals surface area contributed by atoms with Crippen LogP contribution in [0.25, 0.3) is 6.08 Å². The highest BCUT2D eigenvalue weighted by Crippen LogP contribution is 2.21. The maximum absolute atomic E-state index is 12.4. The average molecular weight is 395 g/mol. The van der Waals surface area contributed by atoms with E-state index in [4.69, 9.17) is 4.74 Å². The number of likely N-dealkylation sites (N-methyl/N-ethyl adjacent to an activating group) is 1. The van der Waals surface area contributed by atoms with Gasteiger partial charge in [-0.15, -0.1) is 0 Å². The van der Waals surface area contributed by atoms with Crippen LogP contribution in [0.5, 0.6) is 5.75 Å². The average Bonchev–Trinajstić information content (AvgIpc) is 2.68. The van der Waals surface area contributed by atoms with E-state index < -0.39 is 0 Å². The Balaban J connectivity index is 1.91. The van der Waals surface area contributed by atoms with Gasteiger partial charge in [0, 0.05) is 18.8 Å². The summed E-state index contributed by atoms with van der Waals surface area (Å²) >= 11 is 0. The van der Waals surface area contributed by atoms with E-state index in [1.54, 1.807) is 13.1 Å². The number of carbonyl (C=O) groups excluding carboxylic acids is 2. The summed E-state index contributed by atoms with van der Waals surface area (Å²) in [5.74, 6) is 0.358. The number of anilines is 1. The van der Waals surface area contributed by atoms with E-state index in [0.717, 1.165) is 40.1 Å². The van der Waals surface area contributed by atoms with Crippen molar-refractivity contribution in [3.63, 3.8) is 0 Å². The molecule has 1 N–H and O–H groups in total. The Morgan fingerprint density at radius 1 is 1.07 bits per heavy atom. The summed E-state index contributed by atoms with van der Waals surface area (Å²) in [6.45, 7) is 8.68. The van der Waals surface area contributed by atoms with Crippen LogP contribution >= 0.6 is 0 Å². The lowest BCUT2D eigenvalue weighted by Crippen LogP contribution is -2.34. The molecule has 0 saturated carbocycles. The van der Waals surface area contributed by atoms with E-state index in [2.05, 4.69) is 12.2 Å². The standard InChI is InChI=1S/C24H30N2O3/c1-6-13-29-21-10-7-20(8-11-21)9-12-23(28)26(5)16-22(27)25-24-18(3)14-17(2)15-19(24)4/h7-12,14-15H,6,13,16H2,1-5H3,(H,25,27). The Morgan fingerprint density at radius 3 is 2.28 bits per heavy atom. The van der Waals surface area contributed by atoms with Gasteiger partial charge in [-0.1, -0.05) is 36.8 Å². The SMILES string of the molecule is CCCOc1ccc(C=CC(=O)N(C)CC(=O)Nc2c(C)cc(C)cc2C)cc1. The van der Waals surface area contributed by atoms with Gasteiger partial charge >= 0.3 is 0 Å². The van der Waals surface area contributed by atoms with E-state index in [1.165, 1.54) is 11.0 Å². The molecule has 0 atom stereocenters. The fourth-order valence-electron chi connectivity index (χ4n) is 3.04. The predicted octanol–water partition coefficient (Wildman–Crippen LogP) is 4.51. The second-order valence-corrected chi connectivity index (χ2v) is 7.27. The number of hydrogen-bond donors (Lipinski definition) is 1. The number of nitrogens with one attached hydrogen (secondary N) is 1. The smallest absolute Gasteiger partial charge is 0.246 e. The van der Waals surface area contributed by atoms with Crippen molar-refractivity contribution in [1.29, 1.82) is 0 Å². The van der Waals surface area contributed by atoms with E-state index in [-0.39, 0.29) is 18.4 Å². The van der Waals surface area contributed by atoms with Crippen molar-refractivity contribution in [2.75, 3.05) is 25.5 Å². The minimum absolute atomic E-state index is 0.0142. The Labute approximate surface area is 173 Å². The molecule has 0 unspecified atom stereocenters. The third-order valence-electron chi connectivity index (χ3n) is 4.47. The minimum Gasteiger partial charge on any atom is -0.494 e. The second kappa shape index (κ2) is 10.5. The van der Waals surface area contributed by atoms with Gasteiger partial charge in [-0.25, -0.2) is 0 Å². The number of benzene rings is 2. The van der Waals surface area contributed by atoms with Gasteiger partial charge in [0.2, 0.25) is 11.8 Å². The summed E-state index contributed by atoms with van der Waals surface area (Å²) in [7, 11) is 1.61. The predicted molar refractivity (Wildman–Crippen MR) is 118 cm³/mol. The lowest BCUT2D eigenvalue weighted by atomic mass is 10.1. The largest absolute Gasteiger partial charge is 0.494 e. The molecule has 2 aromatic rings. The van der Waals surface area contributed by atoms with Gasteiger partial charge in [0.05, 0.1) is 13.2 Å². The van der Waals surface area contributed by atoms with Crippen molar-refractivity contribution in [3.05, 3.63) is 64.7 Å². The molecule has 0 spiro atoms. The third-order valence-corrected chi connectivity index (χ3v) is 4.47. The zero-order valence-electron chi connectivity index (χ0n) is 17.9. The first-order valence-electron chi connectivity index (χ1n) is 9.84. The molecule has 0 heterocycles. The van der Waals surface area contributed by atoms with Crippen molar-refractivity contribution >= 4 is 23.6 Å². The molecule has 154 valence electrons. The number of nitrogens with zero attached hydrogens (tertiary/aromatic N) is 1. The van der Waals surface area contributed by atoms with Gasteiger partial charge in [0.1, 0.15) is 5.75 Å². The van der Waals surface area contributed by atoms with E-state index in [9.17, 15) is 9.59 Å². The van der Waals surface area contributed by atoms with E-state index in [1.807, 2.05) is 57.2 Å². The number of hydrogen-bond acceptors (Lipinski definition) is 3. The Morgan fingerprint density at radius 2 is 1.69 bits per heavy atom. The molecule has 0 aliphatic heterocycles. The summed E-state index contributed by atoms with van der Waals surface area (Å²) < 4.78 is 5.55. The Bertz CT molecular complexity index is 862. The summed E-state index contributed by atoms with van der Waals surface area (Å²) in [4.78, 5) is 26.1. The van der Waals surface area contributed by atoms with Crippen LogP contribution in [-0.4, -0.2) is 36.9 Å². The van der Waals surface area contributed by atoms with Gasteiger partial charge in [0.15, 0.2) is 0 Å². The first-order valence-corrected chi connectivity index (χ1v) is 9.84. The zero-order valence-corrected chi connectivity index (χ0v) is 17.9. The van der Waals surface area contributed by atoms with Gasteiger partial charge in [-0.2, -0.15) is 0 Å². The summed E-state index contributed by atoms with van der Waals surface area (Å²) in [6.07, 6.45) is 4.16. The quantitative estimate of drug-likeness (QED) is 0.670. The van der Waals surface area contributed by atoms with Crippen LogP contribution in [0, 0.1) is 20.8 Å². The van der Waals surface area contributed by atoms with Crippen LogP contribution in [0.4, 0.5) is 5.69 Å². The molecule has 0 radical (unpaired) electrons. The third kappa shape index (κ3) is 6.79. The maximum atomic E-state index is 12.4. The van der Waals surface area contributed by atoms with Crippen molar-refractivity contribution in [2.45, 2.75) is 34.1 Å². The Kier molecular flexibility index (Phi) is 8.01. The van der Waals surface area contributed by atoms with Crippen LogP contribution in [-0.2, 0) is 9.59 Å². The van der Waals surface area contributed by atoms with Crippen molar-refractivity contribution in [3.8, 4) is 5.75 Å². The maximum Gasteiger partial charge on any atom is 0.246 e. The molecule has 0 saturated heterocycles. The second-order valence-electron chi connectivity index (χ2n) is 7.27. The van der Waals surface area contributed by atoms with Crippen LogP contribution in [0.3, 0.4) is 0 Å². The van der Waals surface area contributed by atoms with Crippen LogP contribution in [0.15, 0.2) is 42.5 Å². The fourth-order valence-corrected chi connectivity index (χ4v) is 3.04. The zero-order chi connectivity index (χ0) is 21.4. The first-order chi connectivity index (χ1) is 13.8. The topological polar surface area (TPSA) is 58.6 Å². The molecule has 0 aliphatic carbocycles. The minimum atomic E-state index is -0.233. The van der Waals surface area contributed by atoms with Gasteiger partial charge in [-0.3, -0.25) is 9.59 Å². The van der Waals surface area contributed by atoms with Crippen molar-refractivity contribution in [2.24, 2.45) is 0 Å². The molecule has 0 aromatic heterocycles. The molecule has 0 bridgehead atoms. The first kappa shape index (κ1) is 22.2. The Hall–Kier alpha value is -3.08. The summed E-state index contributed by atoms with van der Waals surface area (Å²) in [5.41, 5.74) is 4.88. The summed E-state index contributed by atoms with van der Waals surface area (Å²) in [5, 5.41) is 2.92. The molecule has 29 heavy (non-hydrogen) atoms. The monoisotopic (exact) mass is 394 g/mol. The highest BCUT2D eigenvalue weighted by molar-refractivity contribution is 5.98. The molecular formula is C24H30N2O3. The molecule has 5 heteroatoms. The highest BCUT2D eigenvalue weighted by atomic mass is 16.5. The van der Waals surface area contributed by atoms with Crippen LogP contribution in [0.1, 0.15) is 35.6 Å². The highest BCUT2D eigenvalue weighted by Gasteiger charge is 2.13. The van der Waals surface area contributed by atoms with Crippen LogP contribution < -0.4 is 10.1 Å². The van der Waals surface area contributed by atoms with Crippen LogP contribution in [0.2, 0.25) is 0 Å². The van der Waals surface area contributed by atoms with E-state index in [0.29, 0.717) is 6.61 Å². The van der Waals surface area contributed by atoms with Gasteiger partial charge in [0.25, 0.3) is 0 Å². The molecule has 5 nitrogen and oxygen atoms in total.